The number of hydrogen-bond acceptors (Lipinski definition) is 4. The van der Waals surface area contributed by atoms with Crippen molar-refractivity contribution >= 4 is 17.2 Å². The highest BCUT2D eigenvalue weighted by molar-refractivity contribution is 7.07. The molecule has 0 saturated carbocycles. The number of rotatable bonds is 4. The molecule has 0 radical (unpaired) electrons. The van der Waals surface area contributed by atoms with E-state index < -0.39 is 0 Å². The molecule has 3 nitrogen and oxygen atoms in total. The van der Waals surface area contributed by atoms with E-state index in [-0.39, 0.29) is 6.04 Å². The average Bonchev–Trinajstić information content (AvgIpc) is 2.82. The van der Waals surface area contributed by atoms with Crippen LogP contribution in [0.5, 0.6) is 0 Å². The molecule has 0 spiro atoms. The van der Waals surface area contributed by atoms with Crippen LogP contribution in [-0.2, 0) is 6.54 Å². The van der Waals surface area contributed by atoms with Gasteiger partial charge >= 0.3 is 0 Å². The van der Waals surface area contributed by atoms with Gasteiger partial charge in [-0.25, -0.2) is 4.98 Å². The molecule has 0 amide bonds. The quantitative estimate of drug-likeness (QED) is 0.903. The maximum atomic E-state index is 5.80. The third-order valence-electron chi connectivity index (χ3n) is 2.69. The van der Waals surface area contributed by atoms with Gasteiger partial charge < -0.3 is 10.6 Å². The smallest absolute Gasteiger partial charge is 0.128 e. The monoisotopic (exact) mass is 247 g/mol. The van der Waals surface area contributed by atoms with Crippen LogP contribution in [0.1, 0.15) is 24.1 Å². The highest BCUT2D eigenvalue weighted by Crippen LogP contribution is 2.16. The molecule has 4 heteroatoms. The van der Waals surface area contributed by atoms with E-state index in [1.54, 1.807) is 11.3 Å². The molecule has 0 aliphatic carbocycles. The lowest BCUT2D eigenvalue weighted by atomic mass is 10.1. The SMILES string of the molecule is C[C@@H](N)c1ccc(N(C)Cc2ccsc2)nc1. The van der Waals surface area contributed by atoms with Crippen molar-refractivity contribution in [3.05, 3.63) is 46.3 Å². The third-order valence-corrected chi connectivity index (χ3v) is 3.42. The van der Waals surface area contributed by atoms with Gasteiger partial charge in [0.15, 0.2) is 0 Å². The van der Waals surface area contributed by atoms with Gasteiger partial charge in [-0.05, 0) is 40.9 Å². The van der Waals surface area contributed by atoms with Crippen LogP contribution in [0.15, 0.2) is 35.2 Å². The fourth-order valence-corrected chi connectivity index (χ4v) is 2.29. The Morgan fingerprint density at radius 1 is 1.41 bits per heavy atom. The normalized spacial score (nSPS) is 12.4. The Kier molecular flexibility index (Phi) is 3.76. The fraction of sp³-hybridized carbons (Fsp3) is 0.308. The second-order valence-corrected chi connectivity index (χ2v) is 5.01. The van der Waals surface area contributed by atoms with Gasteiger partial charge in [-0.2, -0.15) is 11.3 Å². The maximum Gasteiger partial charge on any atom is 0.128 e. The number of thiophene rings is 1. The van der Waals surface area contributed by atoms with Crippen molar-refractivity contribution in [1.82, 2.24) is 4.98 Å². The molecule has 0 unspecified atom stereocenters. The molecule has 90 valence electrons. The molecule has 1 atom stereocenters. The van der Waals surface area contributed by atoms with Gasteiger partial charge in [0.2, 0.25) is 0 Å². The predicted molar refractivity (Wildman–Crippen MR) is 73.3 cm³/mol. The van der Waals surface area contributed by atoms with Gasteiger partial charge in [-0.15, -0.1) is 0 Å². The molecule has 2 heterocycles. The summed E-state index contributed by atoms with van der Waals surface area (Å²) in [7, 11) is 2.05. The highest BCUT2D eigenvalue weighted by Gasteiger charge is 2.05. The Labute approximate surface area is 106 Å². The van der Waals surface area contributed by atoms with Crippen molar-refractivity contribution in [3.8, 4) is 0 Å². The Morgan fingerprint density at radius 2 is 2.24 bits per heavy atom. The van der Waals surface area contributed by atoms with Crippen molar-refractivity contribution in [3.63, 3.8) is 0 Å². The molecule has 2 aromatic heterocycles. The van der Waals surface area contributed by atoms with E-state index in [4.69, 9.17) is 5.73 Å². The number of hydrogen-bond donors (Lipinski definition) is 1. The zero-order chi connectivity index (χ0) is 12.3. The van der Waals surface area contributed by atoms with Crippen molar-refractivity contribution in [2.24, 2.45) is 5.73 Å². The van der Waals surface area contributed by atoms with Crippen LogP contribution in [0.2, 0.25) is 0 Å². The summed E-state index contributed by atoms with van der Waals surface area (Å²) < 4.78 is 0. The summed E-state index contributed by atoms with van der Waals surface area (Å²) in [6.07, 6.45) is 1.85. The molecule has 0 bridgehead atoms. The van der Waals surface area contributed by atoms with E-state index in [2.05, 4.69) is 26.7 Å². The zero-order valence-corrected chi connectivity index (χ0v) is 10.9. The summed E-state index contributed by atoms with van der Waals surface area (Å²) in [5, 5.41) is 4.25. The maximum absolute atomic E-state index is 5.80. The lowest BCUT2D eigenvalue weighted by molar-refractivity contribution is 0.807. The van der Waals surface area contributed by atoms with Crippen LogP contribution in [0.4, 0.5) is 5.82 Å². The van der Waals surface area contributed by atoms with Gasteiger partial charge in [-0.1, -0.05) is 6.07 Å². The van der Waals surface area contributed by atoms with E-state index in [9.17, 15) is 0 Å². The van der Waals surface area contributed by atoms with Crippen molar-refractivity contribution in [1.29, 1.82) is 0 Å². The minimum Gasteiger partial charge on any atom is -0.355 e. The number of nitrogens with two attached hydrogens (primary N) is 1. The summed E-state index contributed by atoms with van der Waals surface area (Å²) in [5.74, 6) is 0.973. The molecule has 0 aromatic carbocycles. The standard InChI is InChI=1S/C13H17N3S/c1-10(14)12-3-4-13(15-7-12)16(2)8-11-5-6-17-9-11/h3-7,9-10H,8,14H2,1-2H3/t10-/m1/s1. The van der Waals surface area contributed by atoms with Crippen molar-refractivity contribution in [2.45, 2.75) is 19.5 Å². The third kappa shape index (κ3) is 3.05. The average molecular weight is 247 g/mol. The molecule has 2 N–H and O–H groups in total. The van der Waals surface area contributed by atoms with Crippen LogP contribution in [0.25, 0.3) is 0 Å². The Bertz CT molecular complexity index is 448. The van der Waals surface area contributed by atoms with E-state index in [0.29, 0.717) is 0 Å². The lowest BCUT2D eigenvalue weighted by Gasteiger charge is -2.18. The number of pyridine rings is 1. The van der Waals surface area contributed by atoms with Gasteiger partial charge in [0.1, 0.15) is 5.82 Å². The molecule has 2 aromatic rings. The largest absolute Gasteiger partial charge is 0.355 e. The first-order valence-electron chi connectivity index (χ1n) is 5.60. The van der Waals surface area contributed by atoms with E-state index in [0.717, 1.165) is 17.9 Å². The topological polar surface area (TPSA) is 42.1 Å². The minimum atomic E-state index is 0.0405. The molecule has 0 aliphatic heterocycles. The molecular weight excluding hydrogens is 230 g/mol. The fourth-order valence-electron chi connectivity index (χ4n) is 1.63. The first-order valence-corrected chi connectivity index (χ1v) is 6.55. The summed E-state index contributed by atoms with van der Waals surface area (Å²) in [6.45, 7) is 2.85. The highest BCUT2D eigenvalue weighted by atomic mass is 32.1. The van der Waals surface area contributed by atoms with Crippen LogP contribution < -0.4 is 10.6 Å². The van der Waals surface area contributed by atoms with Gasteiger partial charge in [0.05, 0.1) is 0 Å². The Hall–Kier alpha value is -1.39. The predicted octanol–water partition coefficient (Wildman–Crippen LogP) is 2.80. The first kappa shape index (κ1) is 12.1. The summed E-state index contributed by atoms with van der Waals surface area (Å²) in [6, 6.07) is 6.23. The summed E-state index contributed by atoms with van der Waals surface area (Å²) in [5.41, 5.74) is 8.18. The van der Waals surface area contributed by atoms with Crippen LogP contribution in [-0.4, -0.2) is 12.0 Å². The molecule has 0 fully saturated rings. The number of anilines is 1. The van der Waals surface area contributed by atoms with Crippen LogP contribution in [0, 0.1) is 0 Å². The van der Waals surface area contributed by atoms with Gasteiger partial charge in [0, 0.05) is 25.8 Å². The molecular formula is C13H17N3S. The second-order valence-electron chi connectivity index (χ2n) is 4.23. The molecule has 2 rings (SSSR count). The van der Waals surface area contributed by atoms with E-state index in [1.807, 2.05) is 32.3 Å². The van der Waals surface area contributed by atoms with E-state index in [1.165, 1.54) is 5.56 Å². The summed E-state index contributed by atoms with van der Waals surface area (Å²) >= 11 is 1.72. The van der Waals surface area contributed by atoms with E-state index >= 15 is 0 Å². The number of aromatic nitrogens is 1. The second kappa shape index (κ2) is 5.29. The molecule has 17 heavy (non-hydrogen) atoms. The molecule has 0 aliphatic rings. The zero-order valence-electron chi connectivity index (χ0n) is 10.1. The first-order chi connectivity index (χ1) is 8.16. The van der Waals surface area contributed by atoms with Gasteiger partial charge in [-0.3, -0.25) is 0 Å². The number of nitrogens with zero attached hydrogens (tertiary/aromatic N) is 2. The van der Waals surface area contributed by atoms with Crippen LogP contribution in [0.3, 0.4) is 0 Å². The van der Waals surface area contributed by atoms with Gasteiger partial charge in [0.25, 0.3) is 0 Å². The summed E-state index contributed by atoms with van der Waals surface area (Å²) in [4.78, 5) is 6.56. The lowest BCUT2D eigenvalue weighted by Crippen LogP contribution is -2.17. The molecule has 0 saturated heterocycles. The van der Waals surface area contributed by atoms with Crippen molar-refractivity contribution in [2.75, 3.05) is 11.9 Å². The van der Waals surface area contributed by atoms with Crippen LogP contribution >= 0.6 is 11.3 Å². The Balaban J connectivity index is 2.06. The minimum absolute atomic E-state index is 0.0405. The van der Waals surface area contributed by atoms with Crippen molar-refractivity contribution < 1.29 is 0 Å². The Morgan fingerprint density at radius 3 is 2.76 bits per heavy atom.